The van der Waals surface area contributed by atoms with E-state index in [-0.39, 0.29) is 10.8 Å². The van der Waals surface area contributed by atoms with Crippen molar-refractivity contribution in [3.05, 3.63) is 35.4 Å². The van der Waals surface area contributed by atoms with E-state index < -0.39 is 11.6 Å². The van der Waals surface area contributed by atoms with Crippen LogP contribution < -0.4 is 5.73 Å². The maximum absolute atomic E-state index is 13.4. The zero-order chi connectivity index (χ0) is 13.1. The van der Waals surface area contributed by atoms with Crippen LogP contribution >= 0.6 is 11.8 Å². The molecule has 2 N–H and O–H groups in total. The molecule has 0 heterocycles. The summed E-state index contributed by atoms with van der Waals surface area (Å²) in [5, 5.41) is 0. The molecule has 0 aliphatic heterocycles. The summed E-state index contributed by atoms with van der Waals surface area (Å²) in [6, 6.07) is 4.06. The van der Waals surface area contributed by atoms with Gasteiger partial charge in [-0.05, 0) is 18.1 Å². The average molecular weight is 259 g/mol. The van der Waals surface area contributed by atoms with Crippen LogP contribution in [0.1, 0.15) is 26.3 Å². The van der Waals surface area contributed by atoms with Gasteiger partial charge in [-0.15, -0.1) is 0 Å². The third-order valence-corrected chi connectivity index (χ3v) is 3.70. The summed E-state index contributed by atoms with van der Waals surface area (Å²) in [5.74, 6) is -0.846. The Morgan fingerprint density at radius 1 is 1.29 bits per heavy atom. The SMILES string of the molecule is CC(C)(C)SCC(N)Cc1cccc(F)c1F. The van der Waals surface area contributed by atoms with Crippen LogP contribution in [0.5, 0.6) is 0 Å². The number of thioether (sulfide) groups is 1. The molecule has 0 saturated heterocycles. The number of hydrogen-bond donors (Lipinski definition) is 1. The van der Waals surface area contributed by atoms with Gasteiger partial charge in [-0.25, -0.2) is 8.78 Å². The van der Waals surface area contributed by atoms with E-state index in [9.17, 15) is 8.78 Å². The molecule has 17 heavy (non-hydrogen) atoms. The van der Waals surface area contributed by atoms with Gasteiger partial charge in [0.2, 0.25) is 0 Å². The fourth-order valence-corrected chi connectivity index (χ4v) is 2.24. The summed E-state index contributed by atoms with van der Waals surface area (Å²) < 4.78 is 26.5. The highest BCUT2D eigenvalue weighted by atomic mass is 32.2. The minimum atomic E-state index is -0.807. The van der Waals surface area contributed by atoms with Crippen molar-refractivity contribution in [2.75, 3.05) is 5.75 Å². The first-order valence-corrected chi connectivity index (χ1v) is 6.60. The smallest absolute Gasteiger partial charge is 0.162 e. The molecule has 0 radical (unpaired) electrons. The largest absolute Gasteiger partial charge is 0.327 e. The summed E-state index contributed by atoms with van der Waals surface area (Å²) in [5.41, 5.74) is 6.28. The highest BCUT2D eigenvalue weighted by Crippen LogP contribution is 2.24. The molecule has 0 saturated carbocycles. The summed E-state index contributed by atoms with van der Waals surface area (Å²) in [6.07, 6.45) is 0.368. The zero-order valence-corrected chi connectivity index (χ0v) is 11.3. The maximum atomic E-state index is 13.4. The van der Waals surface area contributed by atoms with Crippen molar-refractivity contribution in [2.24, 2.45) is 5.73 Å². The number of nitrogens with two attached hydrogens (primary N) is 1. The average Bonchev–Trinajstić information content (AvgIpc) is 2.21. The predicted octanol–water partition coefficient (Wildman–Crippen LogP) is 3.37. The van der Waals surface area contributed by atoms with Gasteiger partial charge < -0.3 is 5.73 Å². The molecule has 0 fully saturated rings. The standard InChI is InChI=1S/C13H19F2NS/c1-13(2,3)17-8-10(16)7-9-5-4-6-11(14)12(9)15/h4-6,10H,7-8,16H2,1-3H3. The van der Waals surface area contributed by atoms with E-state index in [2.05, 4.69) is 20.8 Å². The molecule has 0 aromatic heterocycles. The van der Waals surface area contributed by atoms with E-state index >= 15 is 0 Å². The molecular weight excluding hydrogens is 240 g/mol. The molecular formula is C13H19F2NS. The Kier molecular flexibility index (Phi) is 4.95. The van der Waals surface area contributed by atoms with E-state index in [4.69, 9.17) is 5.73 Å². The lowest BCUT2D eigenvalue weighted by molar-refractivity contribution is 0.495. The van der Waals surface area contributed by atoms with E-state index in [0.29, 0.717) is 12.0 Å². The van der Waals surface area contributed by atoms with Crippen LogP contribution in [0.4, 0.5) is 8.78 Å². The number of benzene rings is 1. The van der Waals surface area contributed by atoms with Gasteiger partial charge >= 0.3 is 0 Å². The van der Waals surface area contributed by atoms with Gasteiger partial charge in [-0.2, -0.15) is 11.8 Å². The Balaban J connectivity index is 2.56. The first-order chi connectivity index (χ1) is 7.79. The van der Waals surface area contributed by atoms with Crippen molar-refractivity contribution in [3.63, 3.8) is 0 Å². The van der Waals surface area contributed by atoms with E-state index in [1.54, 1.807) is 17.8 Å². The third kappa shape index (κ3) is 5.04. The monoisotopic (exact) mass is 259 g/mol. The highest BCUT2D eigenvalue weighted by Gasteiger charge is 2.15. The van der Waals surface area contributed by atoms with Crippen LogP contribution in [0.25, 0.3) is 0 Å². The van der Waals surface area contributed by atoms with Crippen molar-refractivity contribution in [1.82, 2.24) is 0 Å². The van der Waals surface area contributed by atoms with Crippen LogP contribution in [0.15, 0.2) is 18.2 Å². The summed E-state index contributed by atoms with van der Waals surface area (Å²) >= 11 is 1.73. The van der Waals surface area contributed by atoms with Crippen molar-refractivity contribution in [1.29, 1.82) is 0 Å². The molecule has 1 nitrogen and oxygen atoms in total. The molecule has 96 valence electrons. The summed E-state index contributed by atoms with van der Waals surface area (Å²) in [4.78, 5) is 0. The summed E-state index contributed by atoms with van der Waals surface area (Å²) in [6.45, 7) is 6.31. The summed E-state index contributed by atoms with van der Waals surface area (Å²) in [7, 11) is 0. The second-order valence-corrected chi connectivity index (χ2v) is 6.95. The molecule has 1 unspecified atom stereocenters. The Morgan fingerprint density at radius 3 is 2.53 bits per heavy atom. The van der Waals surface area contributed by atoms with Crippen LogP contribution in [0, 0.1) is 11.6 Å². The van der Waals surface area contributed by atoms with Crippen molar-refractivity contribution >= 4 is 11.8 Å². The lowest BCUT2D eigenvalue weighted by atomic mass is 10.1. The quantitative estimate of drug-likeness (QED) is 0.897. The van der Waals surface area contributed by atoms with Crippen molar-refractivity contribution < 1.29 is 8.78 Å². The van der Waals surface area contributed by atoms with Crippen molar-refractivity contribution in [3.8, 4) is 0 Å². The van der Waals surface area contributed by atoms with Crippen LogP contribution in [0.3, 0.4) is 0 Å². The van der Waals surface area contributed by atoms with Crippen LogP contribution in [0.2, 0.25) is 0 Å². The van der Waals surface area contributed by atoms with Gasteiger partial charge in [0.1, 0.15) is 0 Å². The predicted molar refractivity (Wildman–Crippen MR) is 70.2 cm³/mol. The Morgan fingerprint density at radius 2 is 1.94 bits per heavy atom. The molecule has 1 atom stereocenters. The fourth-order valence-electron chi connectivity index (χ4n) is 1.40. The van der Waals surface area contributed by atoms with Gasteiger partial charge in [0.05, 0.1) is 0 Å². The molecule has 1 aromatic rings. The zero-order valence-electron chi connectivity index (χ0n) is 10.5. The van der Waals surface area contributed by atoms with Gasteiger partial charge in [0, 0.05) is 16.5 Å². The first kappa shape index (κ1) is 14.5. The molecule has 0 aliphatic carbocycles. The molecule has 0 aliphatic rings. The molecule has 1 aromatic carbocycles. The number of halogens is 2. The first-order valence-electron chi connectivity index (χ1n) is 5.62. The topological polar surface area (TPSA) is 26.0 Å². The lowest BCUT2D eigenvalue weighted by Gasteiger charge is -2.20. The van der Waals surface area contributed by atoms with Gasteiger partial charge in [0.15, 0.2) is 11.6 Å². The molecule has 0 spiro atoms. The van der Waals surface area contributed by atoms with Gasteiger partial charge in [0.25, 0.3) is 0 Å². The lowest BCUT2D eigenvalue weighted by Crippen LogP contribution is -2.28. The van der Waals surface area contributed by atoms with Crippen LogP contribution in [-0.4, -0.2) is 16.5 Å². The molecule has 0 bridgehead atoms. The number of rotatable bonds is 4. The fraction of sp³-hybridized carbons (Fsp3) is 0.538. The van der Waals surface area contributed by atoms with E-state index in [1.807, 2.05) is 0 Å². The van der Waals surface area contributed by atoms with Gasteiger partial charge in [-0.1, -0.05) is 32.9 Å². The van der Waals surface area contributed by atoms with E-state index in [0.717, 1.165) is 11.8 Å². The minimum absolute atomic E-state index is 0.137. The van der Waals surface area contributed by atoms with Crippen LogP contribution in [-0.2, 0) is 6.42 Å². The second-order valence-electron chi connectivity index (χ2n) is 5.10. The highest BCUT2D eigenvalue weighted by molar-refractivity contribution is 8.00. The van der Waals surface area contributed by atoms with Gasteiger partial charge in [-0.3, -0.25) is 0 Å². The molecule has 0 amide bonds. The Hall–Kier alpha value is -0.610. The van der Waals surface area contributed by atoms with E-state index in [1.165, 1.54) is 6.07 Å². The Bertz CT molecular complexity index is 374. The number of hydrogen-bond acceptors (Lipinski definition) is 2. The normalized spacial score (nSPS) is 13.8. The second kappa shape index (κ2) is 5.83. The van der Waals surface area contributed by atoms with Crippen molar-refractivity contribution in [2.45, 2.75) is 38.0 Å². The molecule has 4 heteroatoms. The Labute approximate surface area is 106 Å². The maximum Gasteiger partial charge on any atom is 0.162 e. The molecule has 1 rings (SSSR count). The third-order valence-electron chi connectivity index (χ3n) is 2.24. The minimum Gasteiger partial charge on any atom is -0.327 e.